The fourth-order valence-corrected chi connectivity index (χ4v) is 2.51. The molecule has 0 radical (unpaired) electrons. The molecular formula is C14H22N2O2. The zero-order chi connectivity index (χ0) is 12.8. The van der Waals surface area contributed by atoms with Crippen molar-refractivity contribution < 1.29 is 9.47 Å². The van der Waals surface area contributed by atoms with Crippen molar-refractivity contribution in [2.75, 3.05) is 13.7 Å². The zero-order valence-electron chi connectivity index (χ0n) is 10.9. The second-order valence-electron chi connectivity index (χ2n) is 4.67. The highest BCUT2D eigenvalue weighted by Crippen LogP contribution is 2.29. The molecule has 2 rings (SSSR count). The summed E-state index contributed by atoms with van der Waals surface area (Å²) >= 11 is 0. The van der Waals surface area contributed by atoms with Crippen molar-refractivity contribution in [2.45, 2.75) is 37.8 Å². The highest BCUT2D eigenvalue weighted by Gasteiger charge is 2.19. The zero-order valence-corrected chi connectivity index (χ0v) is 10.9. The van der Waals surface area contributed by atoms with Gasteiger partial charge in [0.2, 0.25) is 0 Å². The van der Waals surface area contributed by atoms with Crippen molar-refractivity contribution in [3.8, 4) is 5.75 Å². The molecule has 1 aliphatic rings. The Morgan fingerprint density at radius 2 is 2.33 bits per heavy atom. The van der Waals surface area contributed by atoms with Crippen molar-refractivity contribution in [3.05, 3.63) is 29.8 Å². The number of nitrogens with one attached hydrogen (secondary N) is 1. The van der Waals surface area contributed by atoms with Gasteiger partial charge in [-0.15, -0.1) is 0 Å². The highest BCUT2D eigenvalue weighted by atomic mass is 16.5. The van der Waals surface area contributed by atoms with Gasteiger partial charge in [-0.2, -0.15) is 0 Å². The summed E-state index contributed by atoms with van der Waals surface area (Å²) in [4.78, 5) is 0. The van der Waals surface area contributed by atoms with Gasteiger partial charge in [0, 0.05) is 18.2 Å². The number of rotatable bonds is 6. The molecule has 0 spiro atoms. The van der Waals surface area contributed by atoms with Crippen LogP contribution in [0.3, 0.4) is 0 Å². The van der Waals surface area contributed by atoms with E-state index in [2.05, 4.69) is 11.5 Å². The molecule has 4 heteroatoms. The molecule has 0 amide bonds. The second kappa shape index (κ2) is 6.73. The fraction of sp³-hybridized carbons (Fsp3) is 0.571. The number of ether oxygens (including phenoxy) is 2. The molecule has 1 aromatic rings. The van der Waals surface area contributed by atoms with Gasteiger partial charge in [-0.3, -0.25) is 11.3 Å². The first-order valence-corrected chi connectivity index (χ1v) is 6.55. The molecule has 18 heavy (non-hydrogen) atoms. The SMILES string of the molecule is COc1ccccc1C(CCC1CCCO1)NN. The van der Waals surface area contributed by atoms with Gasteiger partial charge in [-0.25, -0.2) is 0 Å². The van der Waals surface area contributed by atoms with Gasteiger partial charge < -0.3 is 9.47 Å². The van der Waals surface area contributed by atoms with Crippen LogP contribution in [0, 0.1) is 0 Å². The molecular weight excluding hydrogens is 228 g/mol. The fourth-order valence-electron chi connectivity index (χ4n) is 2.51. The lowest BCUT2D eigenvalue weighted by atomic mass is 9.99. The van der Waals surface area contributed by atoms with Crippen LogP contribution in [0.25, 0.3) is 0 Å². The van der Waals surface area contributed by atoms with Crippen LogP contribution in [-0.4, -0.2) is 19.8 Å². The molecule has 100 valence electrons. The predicted octanol–water partition coefficient (Wildman–Crippen LogP) is 2.16. The van der Waals surface area contributed by atoms with Gasteiger partial charge in [0.25, 0.3) is 0 Å². The van der Waals surface area contributed by atoms with Crippen LogP contribution in [0.1, 0.15) is 37.3 Å². The maximum Gasteiger partial charge on any atom is 0.123 e. The maximum atomic E-state index is 5.67. The lowest BCUT2D eigenvalue weighted by Gasteiger charge is -2.20. The summed E-state index contributed by atoms with van der Waals surface area (Å²) in [6.45, 7) is 0.903. The first kappa shape index (κ1) is 13.3. The molecule has 0 aromatic heterocycles. The van der Waals surface area contributed by atoms with Crippen molar-refractivity contribution >= 4 is 0 Å². The molecule has 1 aliphatic heterocycles. The van der Waals surface area contributed by atoms with E-state index >= 15 is 0 Å². The minimum Gasteiger partial charge on any atom is -0.496 e. The number of benzene rings is 1. The van der Waals surface area contributed by atoms with Gasteiger partial charge >= 0.3 is 0 Å². The molecule has 4 nitrogen and oxygen atoms in total. The quantitative estimate of drug-likeness (QED) is 0.600. The minimum absolute atomic E-state index is 0.116. The van der Waals surface area contributed by atoms with Crippen LogP contribution in [-0.2, 0) is 4.74 Å². The van der Waals surface area contributed by atoms with Gasteiger partial charge in [-0.1, -0.05) is 18.2 Å². The molecule has 2 unspecified atom stereocenters. The molecule has 3 N–H and O–H groups in total. The Morgan fingerprint density at radius 3 is 3.00 bits per heavy atom. The van der Waals surface area contributed by atoms with Crippen molar-refractivity contribution in [2.24, 2.45) is 5.84 Å². The largest absolute Gasteiger partial charge is 0.496 e. The number of methoxy groups -OCH3 is 1. The normalized spacial score (nSPS) is 20.9. The lowest BCUT2D eigenvalue weighted by molar-refractivity contribution is 0.0995. The van der Waals surface area contributed by atoms with Crippen LogP contribution in [0.15, 0.2) is 24.3 Å². The Hall–Kier alpha value is -1.10. The van der Waals surface area contributed by atoms with Gasteiger partial charge in [0.15, 0.2) is 0 Å². The van der Waals surface area contributed by atoms with Crippen LogP contribution in [0.4, 0.5) is 0 Å². The Kier molecular flexibility index (Phi) is 4.99. The van der Waals surface area contributed by atoms with Crippen molar-refractivity contribution in [1.82, 2.24) is 5.43 Å². The van der Waals surface area contributed by atoms with E-state index in [4.69, 9.17) is 15.3 Å². The molecule has 0 bridgehead atoms. The summed E-state index contributed by atoms with van der Waals surface area (Å²) in [5, 5.41) is 0. The molecule has 2 atom stereocenters. The predicted molar refractivity (Wildman–Crippen MR) is 71.3 cm³/mol. The molecule has 0 saturated carbocycles. The van der Waals surface area contributed by atoms with Crippen LogP contribution in [0.2, 0.25) is 0 Å². The topological polar surface area (TPSA) is 56.5 Å². The van der Waals surface area contributed by atoms with Crippen molar-refractivity contribution in [1.29, 1.82) is 0 Å². The number of hydrogen-bond acceptors (Lipinski definition) is 4. The van der Waals surface area contributed by atoms with E-state index in [1.807, 2.05) is 18.2 Å². The number of hydrazine groups is 1. The summed E-state index contributed by atoms with van der Waals surface area (Å²) in [5.41, 5.74) is 3.99. The Morgan fingerprint density at radius 1 is 1.50 bits per heavy atom. The van der Waals surface area contributed by atoms with E-state index in [9.17, 15) is 0 Å². The van der Waals surface area contributed by atoms with E-state index in [1.54, 1.807) is 7.11 Å². The maximum absolute atomic E-state index is 5.67. The number of hydrogen-bond donors (Lipinski definition) is 2. The second-order valence-corrected chi connectivity index (χ2v) is 4.67. The Labute approximate surface area is 108 Å². The van der Waals surface area contributed by atoms with Gasteiger partial charge in [-0.05, 0) is 31.7 Å². The summed E-state index contributed by atoms with van der Waals surface area (Å²) in [5.74, 6) is 6.55. The highest BCUT2D eigenvalue weighted by molar-refractivity contribution is 5.35. The van der Waals surface area contributed by atoms with Gasteiger partial charge in [0.1, 0.15) is 5.75 Å². The lowest BCUT2D eigenvalue weighted by Crippen LogP contribution is -2.29. The third-order valence-electron chi connectivity index (χ3n) is 3.52. The summed E-state index contributed by atoms with van der Waals surface area (Å²) in [6, 6.07) is 8.11. The standard InChI is InChI=1S/C14H22N2O2/c1-17-14-7-3-2-6-12(14)13(16-15)9-8-11-5-4-10-18-11/h2-3,6-7,11,13,16H,4-5,8-10,15H2,1H3. The van der Waals surface area contributed by atoms with E-state index in [0.29, 0.717) is 6.10 Å². The summed E-state index contributed by atoms with van der Waals surface area (Å²) in [6.07, 6.45) is 4.74. The van der Waals surface area contributed by atoms with E-state index in [0.717, 1.165) is 30.8 Å². The van der Waals surface area contributed by atoms with Crippen LogP contribution < -0.4 is 16.0 Å². The average Bonchev–Trinajstić information content (AvgIpc) is 2.93. The van der Waals surface area contributed by atoms with E-state index in [-0.39, 0.29) is 6.04 Å². The molecule has 0 aliphatic carbocycles. The Balaban J connectivity index is 1.98. The number of para-hydroxylation sites is 1. The van der Waals surface area contributed by atoms with Gasteiger partial charge in [0.05, 0.1) is 13.2 Å². The van der Waals surface area contributed by atoms with E-state index in [1.165, 1.54) is 12.8 Å². The summed E-state index contributed by atoms with van der Waals surface area (Å²) in [7, 11) is 1.69. The van der Waals surface area contributed by atoms with E-state index < -0.39 is 0 Å². The summed E-state index contributed by atoms with van der Waals surface area (Å²) < 4.78 is 11.0. The average molecular weight is 250 g/mol. The molecule has 1 aromatic carbocycles. The van der Waals surface area contributed by atoms with Crippen LogP contribution >= 0.6 is 0 Å². The minimum atomic E-state index is 0.116. The first-order chi connectivity index (χ1) is 8.85. The molecule has 1 saturated heterocycles. The molecule has 1 fully saturated rings. The number of nitrogens with two attached hydrogens (primary N) is 1. The third-order valence-corrected chi connectivity index (χ3v) is 3.52. The van der Waals surface area contributed by atoms with Crippen LogP contribution in [0.5, 0.6) is 5.75 Å². The van der Waals surface area contributed by atoms with Crippen molar-refractivity contribution in [3.63, 3.8) is 0 Å². The Bertz CT molecular complexity index is 365. The first-order valence-electron chi connectivity index (χ1n) is 6.55. The third kappa shape index (κ3) is 3.22. The monoisotopic (exact) mass is 250 g/mol. The smallest absolute Gasteiger partial charge is 0.123 e. The molecule has 1 heterocycles.